The van der Waals surface area contributed by atoms with Crippen molar-refractivity contribution >= 4 is 23.6 Å². The molecule has 1 fully saturated rings. The highest BCUT2D eigenvalue weighted by molar-refractivity contribution is 6.30. The molecule has 1 atom stereocenters. The predicted molar refractivity (Wildman–Crippen MR) is 138 cm³/mol. The van der Waals surface area contributed by atoms with Crippen LogP contribution in [0.2, 0.25) is 5.02 Å². The first-order valence-corrected chi connectivity index (χ1v) is 12.7. The third kappa shape index (κ3) is 5.19. The van der Waals surface area contributed by atoms with Gasteiger partial charge in [0.15, 0.2) is 6.10 Å². The minimum Gasteiger partial charge on any atom is -0.479 e. The number of urea groups is 1. The number of piperidine rings is 1. The first-order chi connectivity index (χ1) is 16.5. The highest BCUT2D eigenvalue weighted by atomic mass is 35.5. The topological polar surface area (TPSA) is 70.1 Å². The Hall–Kier alpha value is -2.57. The number of nitrogens with zero attached hydrogens (tertiary/aromatic N) is 2. The highest BCUT2D eigenvalue weighted by Gasteiger charge is 2.37. The van der Waals surface area contributed by atoms with Crippen LogP contribution in [0.25, 0.3) is 11.1 Å². The standard InChI is InChI=1S/C28H35ClN2O4/c1-17-21-15-31(27(34)30-13-7-6-8-14-30)16-22(21)18(2)24(25(26(32)33)35-28(3,4)5)23(17)19-9-11-20(29)12-10-19/h9-12,25H,6-8,13-16H2,1-5H3,(H,32,33). The molecule has 188 valence electrons. The number of fused-ring (bicyclic) bond motifs is 1. The minimum atomic E-state index is -1.14. The van der Waals surface area contributed by atoms with Gasteiger partial charge in [0, 0.05) is 36.8 Å². The number of benzene rings is 2. The van der Waals surface area contributed by atoms with E-state index in [-0.39, 0.29) is 6.03 Å². The summed E-state index contributed by atoms with van der Waals surface area (Å²) < 4.78 is 6.12. The molecule has 0 aliphatic carbocycles. The Labute approximate surface area is 212 Å². The molecule has 0 saturated carbocycles. The number of carboxylic acids is 1. The fourth-order valence-corrected chi connectivity index (χ4v) is 5.47. The lowest BCUT2D eigenvalue weighted by Gasteiger charge is -2.30. The van der Waals surface area contributed by atoms with E-state index in [1.54, 1.807) is 0 Å². The molecule has 7 heteroatoms. The molecule has 2 aliphatic rings. The summed E-state index contributed by atoms with van der Waals surface area (Å²) in [6, 6.07) is 7.53. The number of rotatable bonds is 4. The molecule has 2 aromatic rings. The largest absolute Gasteiger partial charge is 0.479 e. The summed E-state index contributed by atoms with van der Waals surface area (Å²) in [6.07, 6.45) is 2.11. The van der Waals surface area contributed by atoms with Gasteiger partial charge in [0.2, 0.25) is 0 Å². The van der Waals surface area contributed by atoms with Crippen molar-refractivity contribution < 1.29 is 19.4 Å². The molecule has 0 spiro atoms. The van der Waals surface area contributed by atoms with E-state index in [1.807, 2.05) is 68.7 Å². The van der Waals surface area contributed by atoms with Crippen molar-refractivity contribution in [3.8, 4) is 11.1 Å². The molecule has 6 nitrogen and oxygen atoms in total. The van der Waals surface area contributed by atoms with E-state index in [1.165, 1.54) is 6.42 Å². The fraction of sp³-hybridized carbons (Fsp3) is 0.500. The van der Waals surface area contributed by atoms with E-state index in [2.05, 4.69) is 0 Å². The second-order valence-electron chi connectivity index (χ2n) is 10.6. The Morgan fingerprint density at radius 3 is 2.06 bits per heavy atom. The van der Waals surface area contributed by atoms with Crippen LogP contribution < -0.4 is 0 Å². The normalized spacial score (nSPS) is 16.9. The van der Waals surface area contributed by atoms with Crippen molar-refractivity contribution in [2.24, 2.45) is 0 Å². The molecule has 1 unspecified atom stereocenters. The second kappa shape index (κ2) is 9.82. The fourth-order valence-electron chi connectivity index (χ4n) is 5.34. The van der Waals surface area contributed by atoms with Gasteiger partial charge in [-0.1, -0.05) is 23.7 Å². The van der Waals surface area contributed by atoms with E-state index in [0.717, 1.165) is 59.3 Å². The summed E-state index contributed by atoms with van der Waals surface area (Å²) in [7, 11) is 0. The van der Waals surface area contributed by atoms with Crippen LogP contribution in [-0.2, 0) is 22.6 Å². The first kappa shape index (κ1) is 25.5. The van der Waals surface area contributed by atoms with Crippen LogP contribution in [0.15, 0.2) is 24.3 Å². The molecule has 0 radical (unpaired) electrons. The molecule has 1 N–H and O–H groups in total. The molecule has 2 aliphatic heterocycles. The lowest BCUT2D eigenvalue weighted by Crippen LogP contribution is -2.43. The number of amides is 2. The van der Waals surface area contributed by atoms with Crippen molar-refractivity contribution in [1.82, 2.24) is 9.80 Å². The third-order valence-corrected chi connectivity index (χ3v) is 7.26. The van der Waals surface area contributed by atoms with Crippen LogP contribution in [-0.4, -0.2) is 45.6 Å². The molecular weight excluding hydrogens is 464 g/mol. The van der Waals surface area contributed by atoms with E-state index >= 15 is 0 Å². The Balaban J connectivity index is 1.85. The number of ether oxygens (including phenoxy) is 1. The number of carboxylic acid groups (broad SMARTS) is 1. The Morgan fingerprint density at radius 2 is 1.51 bits per heavy atom. The zero-order valence-corrected chi connectivity index (χ0v) is 22.0. The van der Waals surface area contributed by atoms with Crippen LogP contribution in [0.1, 0.15) is 74.0 Å². The molecule has 4 rings (SSSR count). The Bertz CT molecular complexity index is 1130. The van der Waals surface area contributed by atoms with Gasteiger partial charge in [-0.15, -0.1) is 0 Å². The summed E-state index contributed by atoms with van der Waals surface area (Å²) in [5, 5.41) is 10.9. The van der Waals surface area contributed by atoms with Crippen LogP contribution in [0.3, 0.4) is 0 Å². The summed E-state index contributed by atoms with van der Waals surface area (Å²) in [5.74, 6) is -1.03. The molecule has 0 aromatic heterocycles. The van der Waals surface area contributed by atoms with Crippen molar-refractivity contribution in [2.75, 3.05) is 13.1 Å². The lowest BCUT2D eigenvalue weighted by atomic mass is 9.83. The molecule has 2 heterocycles. The number of hydrogen-bond donors (Lipinski definition) is 1. The Kier molecular flexibility index (Phi) is 7.16. The molecule has 1 saturated heterocycles. The van der Waals surface area contributed by atoms with E-state index in [9.17, 15) is 14.7 Å². The average molecular weight is 499 g/mol. The van der Waals surface area contributed by atoms with Gasteiger partial charge in [-0.05, 0) is 99.4 Å². The number of aliphatic carboxylic acids is 1. The zero-order chi connectivity index (χ0) is 25.5. The number of carbonyl (C=O) groups excluding carboxylic acids is 1. The maximum atomic E-state index is 13.3. The SMILES string of the molecule is Cc1c2c(c(C)c(C(OC(C)(C)C)C(=O)O)c1-c1ccc(Cl)cc1)CN(C(=O)N1CCCCC1)C2. The predicted octanol–water partition coefficient (Wildman–Crippen LogP) is 6.49. The smallest absolute Gasteiger partial charge is 0.337 e. The zero-order valence-electron chi connectivity index (χ0n) is 21.3. The number of likely N-dealkylation sites (tertiary alicyclic amines) is 1. The van der Waals surface area contributed by atoms with Crippen LogP contribution >= 0.6 is 11.6 Å². The molecule has 0 bridgehead atoms. The van der Waals surface area contributed by atoms with Crippen LogP contribution in [0.5, 0.6) is 0 Å². The summed E-state index contributed by atoms with van der Waals surface area (Å²) in [4.78, 5) is 29.7. The quantitative estimate of drug-likeness (QED) is 0.523. The van der Waals surface area contributed by atoms with E-state index < -0.39 is 17.7 Å². The van der Waals surface area contributed by atoms with E-state index in [4.69, 9.17) is 16.3 Å². The van der Waals surface area contributed by atoms with Crippen LogP contribution in [0.4, 0.5) is 4.79 Å². The lowest BCUT2D eigenvalue weighted by molar-refractivity contribution is -0.160. The van der Waals surface area contributed by atoms with E-state index in [0.29, 0.717) is 23.7 Å². The summed E-state index contributed by atoms with van der Waals surface area (Å²) in [5.41, 5.74) is 5.72. The van der Waals surface area contributed by atoms with Gasteiger partial charge in [0.25, 0.3) is 0 Å². The van der Waals surface area contributed by atoms with Gasteiger partial charge >= 0.3 is 12.0 Å². The molecule has 35 heavy (non-hydrogen) atoms. The van der Waals surface area contributed by atoms with Crippen molar-refractivity contribution in [2.45, 2.75) is 78.7 Å². The van der Waals surface area contributed by atoms with Gasteiger partial charge in [-0.3, -0.25) is 0 Å². The van der Waals surface area contributed by atoms with Gasteiger partial charge in [0.1, 0.15) is 0 Å². The van der Waals surface area contributed by atoms with Crippen LogP contribution in [0, 0.1) is 13.8 Å². The van der Waals surface area contributed by atoms with Gasteiger partial charge in [0.05, 0.1) is 5.60 Å². The molecule has 2 aromatic carbocycles. The van der Waals surface area contributed by atoms with Gasteiger partial charge < -0.3 is 19.6 Å². The summed E-state index contributed by atoms with van der Waals surface area (Å²) >= 11 is 6.16. The number of hydrogen-bond acceptors (Lipinski definition) is 3. The number of halogens is 1. The Morgan fingerprint density at radius 1 is 0.943 bits per heavy atom. The molecular formula is C28H35ClN2O4. The summed E-state index contributed by atoms with van der Waals surface area (Å²) in [6.45, 7) is 12.2. The number of carbonyl (C=O) groups is 2. The first-order valence-electron chi connectivity index (χ1n) is 12.3. The highest BCUT2D eigenvalue weighted by Crippen LogP contribution is 2.44. The van der Waals surface area contributed by atoms with Gasteiger partial charge in [-0.2, -0.15) is 0 Å². The second-order valence-corrected chi connectivity index (χ2v) is 11.1. The minimum absolute atomic E-state index is 0.0648. The van der Waals surface area contributed by atoms with Gasteiger partial charge in [-0.25, -0.2) is 9.59 Å². The van der Waals surface area contributed by atoms with Crippen molar-refractivity contribution in [3.63, 3.8) is 0 Å². The maximum absolute atomic E-state index is 13.3. The van der Waals surface area contributed by atoms with Crippen molar-refractivity contribution in [3.05, 3.63) is 57.1 Å². The third-order valence-electron chi connectivity index (χ3n) is 7.00. The van der Waals surface area contributed by atoms with Crippen molar-refractivity contribution in [1.29, 1.82) is 0 Å². The molecule has 2 amide bonds. The maximum Gasteiger partial charge on any atom is 0.337 e. The monoisotopic (exact) mass is 498 g/mol. The average Bonchev–Trinajstić information content (AvgIpc) is 3.26.